The zero-order valence-electron chi connectivity index (χ0n) is 15.8. The summed E-state index contributed by atoms with van der Waals surface area (Å²) in [5.41, 5.74) is 0.697. The van der Waals surface area contributed by atoms with Gasteiger partial charge in [0, 0.05) is 18.4 Å². The number of rotatable bonds is 9. The first-order valence-corrected chi connectivity index (χ1v) is 9.69. The first kappa shape index (κ1) is 20.4. The summed E-state index contributed by atoms with van der Waals surface area (Å²) in [6.45, 7) is 2.30. The van der Waals surface area contributed by atoms with E-state index in [-0.39, 0.29) is 25.0 Å². The van der Waals surface area contributed by atoms with E-state index in [0.29, 0.717) is 25.3 Å². The summed E-state index contributed by atoms with van der Waals surface area (Å²) >= 11 is 0. The summed E-state index contributed by atoms with van der Waals surface area (Å²) < 4.78 is 0. The molecule has 3 N–H and O–H groups in total. The van der Waals surface area contributed by atoms with Crippen LogP contribution in [0.5, 0.6) is 0 Å². The second-order valence-electron chi connectivity index (χ2n) is 7.89. The fourth-order valence-electron chi connectivity index (χ4n) is 3.54. The van der Waals surface area contributed by atoms with Gasteiger partial charge in [-0.3, -0.25) is 9.59 Å². The molecule has 144 valence electrons. The molecule has 0 aliphatic heterocycles. The quantitative estimate of drug-likeness (QED) is 0.633. The fraction of sp³-hybridized carbons (Fsp3) is 0.619. The summed E-state index contributed by atoms with van der Waals surface area (Å²) in [5, 5.41) is 15.3. The van der Waals surface area contributed by atoms with E-state index in [0.717, 1.165) is 18.4 Å². The van der Waals surface area contributed by atoms with Crippen LogP contribution in [0.4, 0.5) is 0 Å². The van der Waals surface area contributed by atoms with E-state index in [4.69, 9.17) is 0 Å². The molecule has 26 heavy (non-hydrogen) atoms. The van der Waals surface area contributed by atoms with Crippen LogP contribution < -0.4 is 10.6 Å². The number of hydrogen-bond donors (Lipinski definition) is 3. The van der Waals surface area contributed by atoms with Crippen molar-refractivity contribution in [2.45, 2.75) is 51.9 Å². The second kappa shape index (κ2) is 10.3. The number of carbonyl (C=O) groups excluding carboxylic acids is 2. The van der Waals surface area contributed by atoms with Gasteiger partial charge < -0.3 is 15.7 Å². The minimum Gasteiger partial charge on any atom is -0.396 e. The average Bonchev–Trinajstić information content (AvgIpc) is 2.66. The van der Waals surface area contributed by atoms with E-state index in [1.54, 1.807) is 0 Å². The maximum absolute atomic E-state index is 12.0. The number of benzene rings is 1. The van der Waals surface area contributed by atoms with Crippen LogP contribution in [0.1, 0.15) is 51.0 Å². The van der Waals surface area contributed by atoms with E-state index in [9.17, 15) is 14.7 Å². The number of aliphatic hydroxyl groups is 1. The van der Waals surface area contributed by atoms with Crippen LogP contribution in [0.2, 0.25) is 0 Å². The topological polar surface area (TPSA) is 78.4 Å². The van der Waals surface area contributed by atoms with Crippen molar-refractivity contribution in [2.75, 3.05) is 19.7 Å². The third-order valence-electron chi connectivity index (χ3n) is 5.21. The fourth-order valence-corrected chi connectivity index (χ4v) is 3.54. The molecule has 0 radical (unpaired) electrons. The van der Waals surface area contributed by atoms with Gasteiger partial charge in [0.25, 0.3) is 0 Å². The van der Waals surface area contributed by atoms with Crippen LogP contribution in [0.25, 0.3) is 0 Å². The van der Waals surface area contributed by atoms with Crippen molar-refractivity contribution in [1.29, 1.82) is 0 Å². The Morgan fingerprint density at radius 3 is 2.42 bits per heavy atom. The van der Waals surface area contributed by atoms with Crippen molar-refractivity contribution in [3.8, 4) is 0 Å². The molecule has 0 spiro atoms. The average molecular weight is 360 g/mol. The SMILES string of the molecule is C[C@](CO)(CNC(=O)CNC(=O)CC1CCCCC1)Cc1ccccc1. The van der Waals surface area contributed by atoms with Gasteiger partial charge in [0.1, 0.15) is 0 Å². The Labute approximate surface area is 156 Å². The molecule has 1 saturated carbocycles. The third kappa shape index (κ3) is 7.16. The Bertz CT molecular complexity index is 570. The van der Waals surface area contributed by atoms with E-state index < -0.39 is 5.41 Å². The summed E-state index contributed by atoms with van der Waals surface area (Å²) in [5.74, 6) is 0.214. The van der Waals surface area contributed by atoms with Crippen LogP contribution in [0, 0.1) is 11.3 Å². The van der Waals surface area contributed by atoms with Crippen LogP contribution in [0.15, 0.2) is 30.3 Å². The van der Waals surface area contributed by atoms with E-state index in [2.05, 4.69) is 10.6 Å². The predicted molar refractivity (Wildman–Crippen MR) is 103 cm³/mol. The highest BCUT2D eigenvalue weighted by Crippen LogP contribution is 2.26. The first-order chi connectivity index (χ1) is 12.5. The van der Waals surface area contributed by atoms with Gasteiger partial charge in [0.2, 0.25) is 11.8 Å². The molecular formula is C21H32N2O3. The summed E-state index contributed by atoms with van der Waals surface area (Å²) in [7, 11) is 0. The number of nitrogens with one attached hydrogen (secondary N) is 2. The standard InChI is InChI=1S/C21H32N2O3/c1-21(16-24,13-18-10-6-3-7-11-18)15-23-20(26)14-22-19(25)12-17-8-4-2-5-9-17/h3,6-7,10-11,17,24H,2,4-5,8-9,12-16H2,1H3,(H,22,25)(H,23,26)/t21-/m1/s1. The van der Waals surface area contributed by atoms with Gasteiger partial charge in [0.15, 0.2) is 0 Å². The molecule has 0 bridgehead atoms. The van der Waals surface area contributed by atoms with Gasteiger partial charge in [-0.2, -0.15) is 0 Å². The zero-order chi connectivity index (χ0) is 18.8. The molecule has 2 amide bonds. The highest BCUT2D eigenvalue weighted by atomic mass is 16.3. The maximum Gasteiger partial charge on any atom is 0.239 e. The van der Waals surface area contributed by atoms with Crippen LogP contribution >= 0.6 is 0 Å². The maximum atomic E-state index is 12.0. The van der Waals surface area contributed by atoms with Crippen molar-refractivity contribution in [2.24, 2.45) is 11.3 Å². The molecule has 0 heterocycles. The highest BCUT2D eigenvalue weighted by Gasteiger charge is 2.25. The Morgan fingerprint density at radius 1 is 1.08 bits per heavy atom. The zero-order valence-corrected chi connectivity index (χ0v) is 15.8. The normalized spacial score (nSPS) is 17.3. The third-order valence-corrected chi connectivity index (χ3v) is 5.21. The smallest absolute Gasteiger partial charge is 0.239 e. The molecule has 0 unspecified atom stereocenters. The molecule has 1 fully saturated rings. The van der Waals surface area contributed by atoms with Crippen LogP contribution in [-0.4, -0.2) is 36.6 Å². The Kier molecular flexibility index (Phi) is 8.10. The molecule has 1 aliphatic carbocycles. The molecule has 1 aromatic carbocycles. The van der Waals surface area contributed by atoms with Crippen molar-refractivity contribution >= 4 is 11.8 Å². The van der Waals surface area contributed by atoms with Crippen molar-refractivity contribution in [3.05, 3.63) is 35.9 Å². The molecular weight excluding hydrogens is 328 g/mol. The van der Waals surface area contributed by atoms with E-state index in [1.807, 2.05) is 37.3 Å². The molecule has 0 aromatic heterocycles. The molecule has 1 atom stereocenters. The molecule has 5 nitrogen and oxygen atoms in total. The lowest BCUT2D eigenvalue weighted by atomic mass is 9.84. The molecule has 0 saturated heterocycles. The number of hydrogen-bond acceptors (Lipinski definition) is 3. The van der Waals surface area contributed by atoms with Crippen LogP contribution in [-0.2, 0) is 16.0 Å². The summed E-state index contributed by atoms with van der Waals surface area (Å²) in [6.07, 6.45) is 7.13. The molecule has 1 aliphatic rings. The van der Waals surface area contributed by atoms with Crippen molar-refractivity contribution in [1.82, 2.24) is 10.6 Å². The van der Waals surface area contributed by atoms with Gasteiger partial charge in [-0.05, 0) is 30.7 Å². The highest BCUT2D eigenvalue weighted by molar-refractivity contribution is 5.84. The molecule has 5 heteroatoms. The Balaban J connectivity index is 1.69. The number of carbonyl (C=O) groups is 2. The Morgan fingerprint density at radius 2 is 1.77 bits per heavy atom. The number of aliphatic hydroxyl groups excluding tert-OH is 1. The van der Waals surface area contributed by atoms with Gasteiger partial charge in [-0.1, -0.05) is 56.5 Å². The summed E-state index contributed by atoms with van der Waals surface area (Å²) in [6, 6.07) is 9.92. The Hall–Kier alpha value is -1.88. The number of amides is 2. The second-order valence-corrected chi connectivity index (χ2v) is 7.89. The van der Waals surface area contributed by atoms with Crippen LogP contribution in [0.3, 0.4) is 0 Å². The van der Waals surface area contributed by atoms with Gasteiger partial charge in [-0.15, -0.1) is 0 Å². The molecule has 1 aromatic rings. The largest absolute Gasteiger partial charge is 0.396 e. The lowest BCUT2D eigenvalue weighted by molar-refractivity contribution is -0.127. The first-order valence-electron chi connectivity index (χ1n) is 9.69. The van der Waals surface area contributed by atoms with Gasteiger partial charge in [0.05, 0.1) is 13.2 Å². The minimum absolute atomic E-state index is 0.00159. The minimum atomic E-state index is -0.427. The predicted octanol–water partition coefficient (Wildman–Crippen LogP) is 2.43. The molecule has 2 rings (SSSR count). The van der Waals surface area contributed by atoms with Crippen molar-refractivity contribution < 1.29 is 14.7 Å². The van der Waals surface area contributed by atoms with Crippen molar-refractivity contribution in [3.63, 3.8) is 0 Å². The monoisotopic (exact) mass is 360 g/mol. The van der Waals surface area contributed by atoms with E-state index >= 15 is 0 Å². The lowest BCUT2D eigenvalue weighted by Crippen LogP contribution is -2.43. The van der Waals surface area contributed by atoms with Gasteiger partial charge >= 0.3 is 0 Å². The van der Waals surface area contributed by atoms with E-state index in [1.165, 1.54) is 19.3 Å². The lowest BCUT2D eigenvalue weighted by Gasteiger charge is -2.28. The summed E-state index contributed by atoms with van der Waals surface area (Å²) in [4.78, 5) is 24.0. The van der Waals surface area contributed by atoms with Gasteiger partial charge in [-0.25, -0.2) is 0 Å².